The lowest BCUT2D eigenvalue weighted by atomic mass is 10.00. The molecule has 2 nitrogen and oxygen atoms in total. The number of phenols is 2. The van der Waals surface area contributed by atoms with Gasteiger partial charge in [-0.3, -0.25) is 0 Å². The second kappa shape index (κ2) is 4.70. The van der Waals surface area contributed by atoms with E-state index < -0.39 is 0 Å². The fourth-order valence-electron chi connectivity index (χ4n) is 1.51. The largest absolute Gasteiger partial charge is 0.504 e. The van der Waals surface area contributed by atoms with Gasteiger partial charge in [0.15, 0.2) is 11.5 Å². The van der Waals surface area contributed by atoms with E-state index in [0.717, 1.165) is 30.4 Å². The second-order valence-corrected chi connectivity index (χ2v) is 3.35. The van der Waals surface area contributed by atoms with Crippen molar-refractivity contribution in [3.63, 3.8) is 0 Å². The van der Waals surface area contributed by atoms with Crippen molar-refractivity contribution >= 4 is 0 Å². The molecule has 1 aromatic rings. The van der Waals surface area contributed by atoms with E-state index in [1.165, 1.54) is 0 Å². The summed E-state index contributed by atoms with van der Waals surface area (Å²) in [6, 6.07) is 3.25. The average molecular weight is 192 g/mol. The Balaban J connectivity index is 3.09. The van der Waals surface area contributed by atoms with Gasteiger partial charge in [0.2, 0.25) is 0 Å². The molecular formula is C12H16O2. The highest BCUT2D eigenvalue weighted by atomic mass is 16.3. The van der Waals surface area contributed by atoms with Gasteiger partial charge in [-0.1, -0.05) is 19.4 Å². The van der Waals surface area contributed by atoms with Crippen molar-refractivity contribution in [2.75, 3.05) is 0 Å². The first-order valence-electron chi connectivity index (χ1n) is 4.83. The molecule has 0 aliphatic heterocycles. The molecule has 2 heteroatoms. The van der Waals surface area contributed by atoms with Crippen LogP contribution in [-0.4, -0.2) is 10.2 Å². The minimum atomic E-state index is -0.0540. The van der Waals surface area contributed by atoms with Crippen LogP contribution in [0.1, 0.15) is 24.5 Å². The monoisotopic (exact) mass is 192 g/mol. The maximum atomic E-state index is 9.34. The number of rotatable bonds is 4. The van der Waals surface area contributed by atoms with E-state index in [0.29, 0.717) is 0 Å². The zero-order valence-corrected chi connectivity index (χ0v) is 8.45. The van der Waals surface area contributed by atoms with E-state index in [-0.39, 0.29) is 11.5 Å². The van der Waals surface area contributed by atoms with Crippen LogP contribution in [0.25, 0.3) is 0 Å². The Hall–Kier alpha value is -1.44. The molecule has 0 saturated heterocycles. The topological polar surface area (TPSA) is 40.5 Å². The van der Waals surface area contributed by atoms with Gasteiger partial charge in [-0.25, -0.2) is 0 Å². The van der Waals surface area contributed by atoms with Gasteiger partial charge in [0.1, 0.15) is 0 Å². The van der Waals surface area contributed by atoms with Gasteiger partial charge in [-0.2, -0.15) is 0 Å². The van der Waals surface area contributed by atoms with Crippen LogP contribution < -0.4 is 0 Å². The molecule has 0 amide bonds. The van der Waals surface area contributed by atoms with E-state index in [1.54, 1.807) is 18.2 Å². The minimum Gasteiger partial charge on any atom is -0.504 e. The molecule has 0 heterocycles. The van der Waals surface area contributed by atoms with E-state index >= 15 is 0 Å². The Morgan fingerprint density at radius 1 is 1.21 bits per heavy atom. The number of phenolic OH excluding ortho intramolecular Hbond substituents is 2. The molecule has 0 unspecified atom stereocenters. The summed E-state index contributed by atoms with van der Waals surface area (Å²) in [5.41, 5.74) is 2.12. The number of aromatic hydroxyl groups is 2. The molecule has 1 rings (SSSR count). The van der Waals surface area contributed by atoms with Crippen molar-refractivity contribution < 1.29 is 10.2 Å². The molecule has 0 bridgehead atoms. The first-order chi connectivity index (χ1) is 6.69. The highest BCUT2D eigenvalue weighted by molar-refractivity contribution is 5.46. The fraction of sp³-hybridized carbons (Fsp3) is 0.333. The van der Waals surface area contributed by atoms with Crippen LogP contribution in [0, 0.1) is 0 Å². The maximum Gasteiger partial charge on any atom is 0.157 e. The van der Waals surface area contributed by atoms with Gasteiger partial charge in [0.05, 0.1) is 0 Å². The summed E-state index contributed by atoms with van der Waals surface area (Å²) in [5.74, 6) is -0.0945. The Bertz CT molecular complexity index is 329. The molecule has 0 aromatic heterocycles. The molecule has 0 aliphatic carbocycles. The summed E-state index contributed by atoms with van der Waals surface area (Å²) in [6.45, 7) is 5.75. The Labute approximate surface area is 84.5 Å². The van der Waals surface area contributed by atoms with Gasteiger partial charge in [0.25, 0.3) is 0 Å². The standard InChI is InChI=1S/C12H16O2/c1-3-5-9-7-11(13)12(14)8-10(9)6-4-2/h3,7-8,13-14H,1,4-6H2,2H3. The van der Waals surface area contributed by atoms with Gasteiger partial charge in [0, 0.05) is 0 Å². The summed E-state index contributed by atoms with van der Waals surface area (Å²) in [5, 5.41) is 18.7. The maximum absolute atomic E-state index is 9.34. The average Bonchev–Trinajstić information content (AvgIpc) is 2.14. The Kier molecular flexibility index (Phi) is 3.57. The van der Waals surface area contributed by atoms with Gasteiger partial charge in [-0.15, -0.1) is 6.58 Å². The molecule has 0 spiro atoms. The summed E-state index contributed by atoms with van der Waals surface area (Å²) in [7, 11) is 0. The summed E-state index contributed by atoms with van der Waals surface area (Å²) >= 11 is 0. The molecule has 0 atom stereocenters. The van der Waals surface area contributed by atoms with Crippen molar-refractivity contribution in [1.29, 1.82) is 0 Å². The first-order valence-corrected chi connectivity index (χ1v) is 4.83. The van der Waals surface area contributed by atoms with Gasteiger partial charge < -0.3 is 10.2 Å². The third kappa shape index (κ3) is 2.28. The Morgan fingerprint density at radius 3 is 2.29 bits per heavy atom. The number of benzene rings is 1. The minimum absolute atomic E-state index is 0.0405. The van der Waals surface area contributed by atoms with Crippen molar-refractivity contribution in [3.05, 3.63) is 35.9 Å². The first kappa shape index (κ1) is 10.6. The summed E-state index contributed by atoms with van der Waals surface area (Å²) in [6.07, 6.45) is 4.46. The lowest BCUT2D eigenvalue weighted by molar-refractivity contribution is 0.402. The number of allylic oxidation sites excluding steroid dienone is 1. The van der Waals surface area contributed by atoms with Gasteiger partial charge in [-0.05, 0) is 36.1 Å². The molecular weight excluding hydrogens is 176 g/mol. The van der Waals surface area contributed by atoms with E-state index in [9.17, 15) is 10.2 Å². The third-order valence-electron chi connectivity index (χ3n) is 2.18. The lowest BCUT2D eigenvalue weighted by Crippen LogP contribution is -1.92. The molecule has 0 fully saturated rings. The van der Waals surface area contributed by atoms with Crippen molar-refractivity contribution in [2.24, 2.45) is 0 Å². The fourth-order valence-corrected chi connectivity index (χ4v) is 1.51. The number of hydrogen-bond acceptors (Lipinski definition) is 2. The smallest absolute Gasteiger partial charge is 0.157 e. The van der Waals surface area contributed by atoms with Crippen LogP contribution >= 0.6 is 0 Å². The van der Waals surface area contributed by atoms with E-state index in [2.05, 4.69) is 13.5 Å². The highest BCUT2D eigenvalue weighted by Gasteiger charge is 2.06. The normalized spacial score (nSPS) is 10.1. The van der Waals surface area contributed by atoms with Gasteiger partial charge >= 0.3 is 0 Å². The third-order valence-corrected chi connectivity index (χ3v) is 2.18. The van der Waals surface area contributed by atoms with Crippen LogP contribution in [0.2, 0.25) is 0 Å². The van der Waals surface area contributed by atoms with Crippen molar-refractivity contribution in [2.45, 2.75) is 26.2 Å². The molecule has 2 N–H and O–H groups in total. The molecule has 1 aromatic carbocycles. The predicted molar refractivity (Wildman–Crippen MR) is 57.7 cm³/mol. The van der Waals surface area contributed by atoms with Crippen molar-refractivity contribution in [3.8, 4) is 11.5 Å². The lowest BCUT2D eigenvalue weighted by Gasteiger charge is -2.08. The summed E-state index contributed by atoms with van der Waals surface area (Å²) in [4.78, 5) is 0. The highest BCUT2D eigenvalue weighted by Crippen LogP contribution is 2.29. The van der Waals surface area contributed by atoms with E-state index in [1.807, 2.05) is 0 Å². The van der Waals surface area contributed by atoms with Crippen LogP contribution in [0.4, 0.5) is 0 Å². The van der Waals surface area contributed by atoms with Crippen LogP contribution in [-0.2, 0) is 12.8 Å². The zero-order valence-electron chi connectivity index (χ0n) is 8.45. The van der Waals surface area contributed by atoms with E-state index in [4.69, 9.17) is 0 Å². The van der Waals surface area contributed by atoms with Crippen molar-refractivity contribution in [1.82, 2.24) is 0 Å². The zero-order chi connectivity index (χ0) is 10.6. The number of aryl methyl sites for hydroxylation is 1. The predicted octanol–water partition coefficient (Wildman–Crippen LogP) is 2.78. The van der Waals surface area contributed by atoms with Crippen LogP contribution in [0.5, 0.6) is 11.5 Å². The molecule has 0 radical (unpaired) electrons. The second-order valence-electron chi connectivity index (χ2n) is 3.35. The summed E-state index contributed by atoms with van der Waals surface area (Å²) < 4.78 is 0. The van der Waals surface area contributed by atoms with Crippen LogP contribution in [0.15, 0.2) is 24.8 Å². The molecule has 0 aliphatic rings. The quantitative estimate of drug-likeness (QED) is 0.569. The molecule has 14 heavy (non-hydrogen) atoms. The molecule has 0 saturated carbocycles. The van der Waals surface area contributed by atoms with Crippen LogP contribution in [0.3, 0.4) is 0 Å². The SMILES string of the molecule is C=CCc1cc(O)c(O)cc1CCC. The molecule has 76 valence electrons. The number of hydrogen-bond donors (Lipinski definition) is 2. The Morgan fingerprint density at radius 2 is 1.79 bits per heavy atom.